The third-order valence-corrected chi connectivity index (χ3v) is 1.95. The molecule has 1 amide bonds. The average Bonchev–Trinajstić information content (AvgIpc) is 1.97. The average molecular weight is 229 g/mol. The van der Waals surface area contributed by atoms with Crippen LogP contribution in [-0.2, 0) is 9.53 Å². The van der Waals surface area contributed by atoms with Crippen LogP contribution in [0.2, 0.25) is 0 Å². The first-order valence-electron chi connectivity index (χ1n) is 5.51. The molecule has 4 nitrogen and oxygen atoms in total. The summed E-state index contributed by atoms with van der Waals surface area (Å²) in [5.74, 6) is -0.136. The number of amides is 1. The zero-order chi connectivity index (χ0) is 13.1. The predicted molar refractivity (Wildman–Crippen MR) is 63.3 cm³/mol. The van der Waals surface area contributed by atoms with Crippen LogP contribution in [0.5, 0.6) is 0 Å². The fraction of sp³-hybridized carbons (Fsp3) is 0.833. The molecule has 0 aliphatic heterocycles. The van der Waals surface area contributed by atoms with Gasteiger partial charge in [0.1, 0.15) is 5.60 Å². The number of hydrogen-bond acceptors (Lipinski definition) is 3. The second-order valence-electron chi connectivity index (χ2n) is 5.77. The van der Waals surface area contributed by atoms with Crippen molar-refractivity contribution in [2.45, 2.75) is 59.6 Å². The number of hydrogen-bond donors (Lipinski definition) is 1. The van der Waals surface area contributed by atoms with Crippen LogP contribution >= 0.6 is 0 Å². The summed E-state index contributed by atoms with van der Waals surface area (Å²) in [5, 5.41) is 2.58. The molecule has 0 heterocycles. The van der Waals surface area contributed by atoms with Gasteiger partial charge in [-0.2, -0.15) is 0 Å². The number of nitrogens with one attached hydrogen (secondary N) is 1. The Balaban J connectivity index is 4.49. The van der Waals surface area contributed by atoms with Crippen LogP contribution in [0.15, 0.2) is 0 Å². The molecule has 0 spiro atoms. The van der Waals surface area contributed by atoms with Gasteiger partial charge in [0, 0.05) is 5.92 Å². The van der Waals surface area contributed by atoms with Crippen LogP contribution in [0.3, 0.4) is 0 Å². The number of rotatable bonds is 3. The van der Waals surface area contributed by atoms with E-state index in [0.717, 1.165) is 0 Å². The van der Waals surface area contributed by atoms with Crippen LogP contribution in [0.4, 0.5) is 4.79 Å². The Bertz CT molecular complexity index is 274. The molecule has 0 aromatic rings. The third-order valence-electron chi connectivity index (χ3n) is 1.95. The molecule has 0 bridgehead atoms. The summed E-state index contributed by atoms with van der Waals surface area (Å²) in [6.07, 6.45) is -0.563. The van der Waals surface area contributed by atoms with E-state index in [2.05, 4.69) is 5.32 Å². The molecule has 1 N–H and O–H groups in total. The van der Waals surface area contributed by atoms with Gasteiger partial charge in [-0.3, -0.25) is 4.79 Å². The van der Waals surface area contributed by atoms with Crippen LogP contribution in [0.1, 0.15) is 48.5 Å². The molecule has 0 aliphatic carbocycles. The highest BCUT2D eigenvalue weighted by atomic mass is 16.6. The van der Waals surface area contributed by atoms with Gasteiger partial charge in [-0.05, 0) is 34.6 Å². The fourth-order valence-electron chi connectivity index (χ4n) is 1.34. The second kappa shape index (κ2) is 4.85. The van der Waals surface area contributed by atoms with Crippen LogP contribution in [-0.4, -0.2) is 23.0 Å². The van der Waals surface area contributed by atoms with Crippen LogP contribution in [0, 0.1) is 5.92 Å². The quantitative estimate of drug-likeness (QED) is 0.809. The third kappa shape index (κ3) is 5.14. The van der Waals surface area contributed by atoms with Crippen molar-refractivity contribution in [2.24, 2.45) is 5.92 Å². The number of alkyl carbamates (subject to hydrolysis) is 1. The van der Waals surface area contributed by atoms with Crippen molar-refractivity contribution in [1.29, 1.82) is 0 Å². The molecule has 94 valence electrons. The van der Waals surface area contributed by atoms with E-state index in [1.165, 1.54) is 0 Å². The Morgan fingerprint density at radius 2 is 1.50 bits per heavy atom. The number of carbonyl (C=O) groups is 2. The zero-order valence-electron chi connectivity index (χ0n) is 11.3. The molecular weight excluding hydrogens is 206 g/mol. The molecule has 0 aromatic heterocycles. The molecule has 0 fully saturated rings. The normalized spacial score (nSPS) is 12.5. The van der Waals surface area contributed by atoms with Crippen molar-refractivity contribution in [2.75, 3.05) is 0 Å². The number of Topliss-reactive ketones (excluding diaryl/α,β-unsaturated/α-hetero) is 1. The first-order chi connectivity index (χ1) is 6.96. The highest BCUT2D eigenvalue weighted by Gasteiger charge is 2.32. The number of ketones is 1. The SMILES string of the molecule is CC(C)C(=O)C(C)(C)NC(=O)OC(C)(C)C. The van der Waals surface area contributed by atoms with Crippen molar-refractivity contribution >= 4 is 11.9 Å². The van der Waals surface area contributed by atoms with Gasteiger partial charge in [-0.1, -0.05) is 13.8 Å². The van der Waals surface area contributed by atoms with Gasteiger partial charge in [0.25, 0.3) is 0 Å². The largest absolute Gasteiger partial charge is 0.444 e. The maximum Gasteiger partial charge on any atom is 0.408 e. The van der Waals surface area contributed by atoms with E-state index >= 15 is 0 Å². The Morgan fingerprint density at radius 3 is 1.81 bits per heavy atom. The number of carbonyl (C=O) groups excluding carboxylic acids is 2. The summed E-state index contributed by atoms with van der Waals surface area (Å²) < 4.78 is 5.10. The molecule has 16 heavy (non-hydrogen) atoms. The van der Waals surface area contributed by atoms with Crippen molar-refractivity contribution in [1.82, 2.24) is 5.32 Å². The summed E-state index contributed by atoms with van der Waals surface area (Å²) >= 11 is 0. The first-order valence-corrected chi connectivity index (χ1v) is 5.51. The minimum Gasteiger partial charge on any atom is -0.444 e. The van der Waals surface area contributed by atoms with Crippen LogP contribution in [0.25, 0.3) is 0 Å². The maximum atomic E-state index is 11.8. The van der Waals surface area contributed by atoms with Gasteiger partial charge < -0.3 is 10.1 Å². The minimum atomic E-state index is -0.892. The van der Waals surface area contributed by atoms with E-state index in [9.17, 15) is 9.59 Å². The molecule has 0 saturated heterocycles. The lowest BCUT2D eigenvalue weighted by Gasteiger charge is -2.28. The number of ether oxygens (including phenoxy) is 1. The summed E-state index contributed by atoms with van der Waals surface area (Å²) in [5.41, 5.74) is -1.45. The van der Waals surface area contributed by atoms with E-state index in [-0.39, 0.29) is 11.7 Å². The smallest absolute Gasteiger partial charge is 0.408 e. The summed E-state index contributed by atoms with van der Waals surface area (Å²) in [7, 11) is 0. The van der Waals surface area contributed by atoms with Gasteiger partial charge in [0.2, 0.25) is 0 Å². The van der Waals surface area contributed by atoms with E-state index in [1.54, 1.807) is 48.5 Å². The van der Waals surface area contributed by atoms with Crippen LogP contribution < -0.4 is 5.32 Å². The molecule has 0 saturated carbocycles. The fourth-order valence-corrected chi connectivity index (χ4v) is 1.34. The molecule has 0 aromatic carbocycles. The Labute approximate surface area is 97.7 Å². The highest BCUT2D eigenvalue weighted by molar-refractivity contribution is 5.92. The Morgan fingerprint density at radius 1 is 1.06 bits per heavy atom. The standard InChI is InChI=1S/C12H23NO3/c1-8(2)9(14)12(6,7)13-10(15)16-11(3,4)5/h8H,1-7H3,(H,13,15). The summed E-state index contributed by atoms with van der Waals surface area (Å²) in [6.45, 7) is 12.3. The minimum absolute atomic E-state index is 0.0154. The highest BCUT2D eigenvalue weighted by Crippen LogP contribution is 2.13. The Kier molecular flexibility index (Phi) is 4.53. The van der Waals surface area contributed by atoms with Crippen molar-refractivity contribution in [3.05, 3.63) is 0 Å². The molecule has 0 atom stereocenters. The summed E-state index contributed by atoms with van der Waals surface area (Å²) in [4.78, 5) is 23.3. The Hall–Kier alpha value is -1.06. The van der Waals surface area contributed by atoms with Gasteiger partial charge >= 0.3 is 6.09 Å². The van der Waals surface area contributed by atoms with E-state index < -0.39 is 17.2 Å². The van der Waals surface area contributed by atoms with E-state index in [0.29, 0.717) is 0 Å². The van der Waals surface area contributed by atoms with Crippen molar-refractivity contribution in [3.8, 4) is 0 Å². The molecule has 0 radical (unpaired) electrons. The molecular formula is C12H23NO3. The van der Waals surface area contributed by atoms with Crippen molar-refractivity contribution in [3.63, 3.8) is 0 Å². The monoisotopic (exact) mass is 229 g/mol. The topological polar surface area (TPSA) is 55.4 Å². The lowest BCUT2D eigenvalue weighted by molar-refractivity contribution is -0.127. The first kappa shape index (κ1) is 14.9. The predicted octanol–water partition coefficient (Wildman–Crippen LogP) is 2.51. The molecule has 0 rings (SSSR count). The zero-order valence-corrected chi connectivity index (χ0v) is 11.3. The molecule has 4 heteroatoms. The van der Waals surface area contributed by atoms with Gasteiger partial charge in [-0.15, -0.1) is 0 Å². The lowest BCUT2D eigenvalue weighted by Crippen LogP contribution is -2.52. The van der Waals surface area contributed by atoms with Crippen molar-refractivity contribution < 1.29 is 14.3 Å². The molecule has 0 unspecified atom stereocenters. The molecule has 0 aliphatic rings. The second-order valence-corrected chi connectivity index (χ2v) is 5.77. The van der Waals surface area contributed by atoms with Gasteiger partial charge in [0.05, 0.1) is 5.54 Å². The van der Waals surface area contributed by atoms with Gasteiger partial charge in [-0.25, -0.2) is 4.79 Å². The van der Waals surface area contributed by atoms with E-state index in [4.69, 9.17) is 4.74 Å². The lowest BCUT2D eigenvalue weighted by atomic mass is 9.91. The van der Waals surface area contributed by atoms with Gasteiger partial charge in [0.15, 0.2) is 5.78 Å². The summed E-state index contributed by atoms with van der Waals surface area (Å²) in [6, 6.07) is 0. The maximum absolute atomic E-state index is 11.8. The van der Waals surface area contributed by atoms with E-state index in [1.807, 2.05) is 0 Å².